The number of hydrogen-bond acceptors (Lipinski definition) is 8. The summed E-state index contributed by atoms with van der Waals surface area (Å²) >= 11 is 0.894. The first-order chi connectivity index (χ1) is 16.5. The number of aromatic nitrogens is 3. The van der Waals surface area contributed by atoms with Gasteiger partial charge in [-0.3, -0.25) is 19.9 Å². The second-order valence-electron chi connectivity index (χ2n) is 8.63. The van der Waals surface area contributed by atoms with Gasteiger partial charge in [-0.05, 0) is 73.8 Å². The molecule has 5 rings (SSSR count). The first kappa shape index (κ1) is 22.5. The number of fused-ring (bicyclic) bond motifs is 1. The number of anilines is 1. The van der Waals surface area contributed by atoms with E-state index in [1.807, 2.05) is 13.0 Å². The van der Waals surface area contributed by atoms with Crippen LogP contribution in [0.5, 0.6) is 0 Å². The molecular formula is C25H26N6O2S. The van der Waals surface area contributed by atoms with Crippen LogP contribution >= 0.6 is 11.8 Å². The van der Waals surface area contributed by atoms with Gasteiger partial charge in [-0.1, -0.05) is 18.2 Å². The highest BCUT2D eigenvalue weighted by atomic mass is 32.2. The van der Waals surface area contributed by atoms with Crippen molar-refractivity contribution in [3.63, 3.8) is 0 Å². The van der Waals surface area contributed by atoms with Crippen LogP contribution in [0.4, 0.5) is 10.7 Å². The largest absolute Gasteiger partial charge is 0.341 e. The van der Waals surface area contributed by atoms with E-state index in [2.05, 4.69) is 54.8 Å². The number of carbonyl (C=O) groups excluding carboxylic acids is 2. The van der Waals surface area contributed by atoms with Crippen LogP contribution in [0.15, 0.2) is 47.5 Å². The molecule has 3 aromatic rings. The first-order valence-corrected chi connectivity index (χ1v) is 12.3. The van der Waals surface area contributed by atoms with Crippen LogP contribution in [0.2, 0.25) is 0 Å². The van der Waals surface area contributed by atoms with E-state index in [1.54, 1.807) is 18.3 Å². The van der Waals surface area contributed by atoms with E-state index in [4.69, 9.17) is 0 Å². The van der Waals surface area contributed by atoms with Gasteiger partial charge in [0, 0.05) is 36.9 Å². The second kappa shape index (κ2) is 9.90. The highest BCUT2D eigenvalue weighted by Gasteiger charge is 2.25. The van der Waals surface area contributed by atoms with Crippen LogP contribution < -0.4 is 15.5 Å². The Hall–Kier alpha value is -3.30. The Labute approximate surface area is 202 Å². The Kier molecular flexibility index (Phi) is 6.55. The third-order valence-electron chi connectivity index (χ3n) is 6.16. The van der Waals surface area contributed by atoms with Crippen molar-refractivity contribution in [3.05, 3.63) is 64.5 Å². The number of benzene rings is 1. The van der Waals surface area contributed by atoms with Gasteiger partial charge < -0.3 is 10.2 Å². The van der Waals surface area contributed by atoms with Crippen LogP contribution in [0.1, 0.15) is 29.8 Å². The number of amides is 2. The molecule has 34 heavy (non-hydrogen) atoms. The number of hydrogen-bond donors (Lipinski definition) is 2. The number of imide groups is 1. The van der Waals surface area contributed by atoms with Gasteiger partial charge in [0.15, 0.2) is 0 Å². The van der Waals surface area contributed by atoms with Gasteiger partial charge >= 0.3 is 0 Å². The summed E-state index contributed by atoms with van der Waals surface area (Å²) in [5, 5.41) is 6.77. The van der Waals surface area contributed by atoms with Gasteiger partial charge in [-0.2, -0.15) is 0 Å². The van der Waals surface area contributed by atoms with Crippen molar-refractivity contribution in [3.8, 4) is 0 Å². The second-order valence-corrected chi connectivity index (χ2v) is 9.65. The van der Waals surface area contributed by atoms with E-state index in [1.165, 1.54) is 10.9 Å². The molecule has 2 aliphatic rings. The molecule has 0 unspecified atom stereocenters. The quantitative estimate of drug-likeness (QED) is 0.522. The fraction of sp³-hybridized carbons (Fsp3) is 0.320. The maximum absolute atomic E-state index is 11.8. The van der Waals surface area contributed by atoms with Crippen LogP contribution in [0.25, 0.3) is 17.0 Å². The molecule has 1 aromatic carbocycles. The van der Waals surface area contributed by atoms with Crippen LogP contribution in [0.3, 0.4) is 0 Å². The molecular weight excluding hydrogens is 448 g/mol. The number of rotatable bonds is 6. The summed E-state index contributed by atoms with van der Waals surface area (Å²) in [6.45, 7) is 5.61. The molecule has 9 heteroatoms. The zero-order chi connectivity index (χ0) is 23.5. The maximum Gasteiger partial charge on any atom is 0.290 e. The maximum atomic E-state index is 11.8. The summed E-state index contributed by atoms with van der Waals surface area (Å²) in [6, 6.07) is 12.2. The Morgan fingerprint density at radius 3 is 2.79 bits per heavy atom. The van der Waals surface area contributed by atoms with Crippen molar-refractivity contribution in [2.45, 2.75) is 26.3 Å². The molecule has 0 aliphatic carbocycles. The number of aryl methyl sites for hydroxylation is 1. The minimum absolute atomic E-state index is 0.353. The molecule has 0 spiro atoms. The molecule has 0 radical (unpaired) electrons. The molecule has 2 fully saturated rings. The summed E-state index contributed by atoms with van der Waals surface area (Å²) in [5.41, 5.74) is 4.00. The SMILES string of the molecule is Cc1cc(CNCC2CCN(c3nccc(/C=C4/SC(=O)NC4=O)n3)CC2)c2ccccc2n1. The predicted molar refractivity (Wildman–Crippen MR) is 134 cm³/mol. The number of pyridine rings is 1. The van der Waals surface area contributed by atoms with Crippen molar-refractivity contribution in [2.24, 2.45) is 5.92 Å². The molecule has 2 amide bonds. The first-order valence-electron chi connectivity index (χ1n) is 11.4. The van der Waals surface area contributed by atoms with Crippen molar-refractivity contribution < 1.29 is 9.59 Å². The molecule has 2 N–H and O–H groups in total. The number of para-hydroxylation sites is 1. The van der Waals surface area contributed by atoms with Crippen molar-refractivity contribution in [2.75, 3.05) is 24.5 Å². The highest BCUT2D eigenvalue weighted by molar-refractivity contribution is 8.18. The number of nitrogens with one attached hydrogen (secondary N) is 2. The van der Waals surface area contributed by atoms with E-state index in [-0.39, 0.29) is 11.1 Å². The zero-order valence-corrected chi connectivity index (χ0v) is 19.8. The fourth-order valence-electron chi connectivity index (χ4n) is 4.44. The molecule has 0 atom stereocenters. The summed E-state index contributed by atoms with van der Waals surface area (Å²) in [4.78, 5) is 39.3. The van der Waals surface area contributed by atoms with Crippen LogP contribution in [-0.2, 0) is 11.3 Å². The Bertz CT molecular complexity index is 1270. The van der Waals surface area contributed by atoms with Crippen LogP contribution in [0, 0.1) is 12.8 Å². The topological polar surface area (TPSA) is 100 Å². The lowest BCUT2D eigenvalue weighted by molar-refractivity contribution is -0.115. The van der Waals surface area contributed by atoms with Gasteiger partial charge in [-0.25, -0.2) is 9.97 Å². The number of piperidine rings is 1. The summed E-state index contributed by atoms with van der Waals surface area (Å²) in [7, 11) is 0. The predicted octanol–water partition coefficient (Wildman–Crippen LogP) is 3.66. The summed E-state index contributed by atoms with van der Waals surface area (Å²) < 4.78 is 0. The fourth-order valence-corrected chi connectivity index (χ4v) is 5.11. The van der Waals surface area contributed by atoms with Crippen molar-refractivity contribution in [1.29, 1.82) is 0 Å². The van der Waals surface area contributed by atoms with Crippen molar-refractivity contribution in [1.82, 2.24) is 25.6 Å². The lowest BCUT2D eigenvalue weighted by Crippen LogP contribution is -2.38. The van der Waals surface area contributed by atoms with Gasteiger partial charge in [0.2, 0.25) is 5.95 Å². The Morgan fingerprint density at radius 1 is 1.18 bits per heavy atom. The molecule has 2 aromatic heterocycles. The van der Waals surface area contributed by atoms with Gasteiger partial charge in [0.25, 0.3) is 11.1 Å². The van der Waals surface area contributed by atoms with E-state index in [0.29, 0.717) is 22.5 Å². The summed E-state index contributed by atoms with van der Waals surface area (Å²) in [6.07, 6.45) is 5.45. The van der Waals surface area contributed by atoms with E-state index in [0.717, 1.165) is 62.0 Å². The molecule has 2 saturated heterocycles. The molecule has 0 saturated carbocycles. The standard InChI is InChI=1S/C25H26N6O2S/c1-16-12-18(20-4-2-3-5-21(20)28-16)15-26-14-17-7-10-31(11-8-17)24-27-9-6-19(29-24)13-22-23(32)30-25(33)34-22/h2-6,9,12-13,17,26H,7-8,10-11,14-15H2,1H3,(H,30,32,33)/b22-13+. The average Bonchev–Trinajstić information content (AvgIpc) is 3.15. The van der Waals surface area contributed by atoms with Gasteiger partial charge in [0.1, 0.15) is 0 Å². The third kappa shape index (κ3) is 5.10. The molecule has 8 nitrogen and oxygen atoms in total. The molecule has 2 aliphatic heterocycles. The third-order valence-corrected chi connectivity index (χ3v) is 6.97. The number of nitrogens with zero attached hydrogens (tertiary/aromatic N) is 4. The number of thioether (sulfide) groups is 1. The van der Waals surface area contributed by atoms with Gasteiger partial charge in [-0.15, -0.1) is 0 Å². The minimum atomic E-state index is -0.376. The van der Waals surface area contributed by atoms with Gasteiger partial charge in [0.05, 0.1) is 16.1 Å². The van der Waals surface area contributed by atoms with E-state index in [9.17, 15) is 9.59 Å². The van der Waals surface area contributed by atoms with Crippen LogP contribution in [-0.4, -0.2) is 45.7 Å². The lowest BCUT2D eigenvalue weighted by atomic mass is 9.97. The van der Waals surface area contributed by atoms with Crippen molar-refractivity contribution >= 4 is 45.8 Å². The highest BCUT2D eigenvalue weighted by Crippen LogP contribution is 2.26. The Balaban J connectivity index is 1.15. The Morgan fingerprint density at radius 2 is 2.00 bits per heavy atom. The van der Waals surface area contributed by atoms with E-state index < -0.39 is 0 Å². The monoisotopic (exact) mass is 474 g/mol. The molecule has 174 valence electrons. The number of carbonyl (C=O) groups is 2. The van der Waals surface area contributed by atoms with E-state index >= 15 is 0 Å². The average molecular weight is 475 g/mol. The molecule has 0 bridgehead atoms. The lowest BCUT2D eigenvalue weighted by Gasteiger charge is -2.32. The molecule has 4 heterocycles. The minimum Gasteiger partial charge on any atom is -0.341 e. The normalized spacial score (nSPS) is 18.1. The summed E-state index contributed by atoms with van der Waals surface area (Å²) in [5.74, 6) is 0.882. The smallest absolute Gasteiger partial charge is 0.290 e. The zero-order valence-electron chi connectivity index (χ0n) is 19.0.